The molecule has 0 saturated carbocycles. The van der Waals surface area contributed by atoms with Crippen LogP contribution in [-0.4, -0.2) is 24.5 Å². The number of hydrogen-bond donors (Lipinski definition) is 0. The number of nitrogens with zero attached hydrogens (tertiary/aromatic N) is 1. The number of aryl methyl sites for hydroxylation is 1. The quantitative estimate of drug-likeness (QED) is 0.697. The summed E-state index contributed by atoms with van der Waals surface area (Å²) in [4.78, 5) is 15.0. The van der Waals surface area contributed by atoms with Crippen LogP contribution in [0.15, 0.2) is 23.6 Å². The molecule has 0 N–H and O–H groups in total. The molecule has 0 aliphatic rings. The summed E-state index contributed by atoms with van der Waals surface area (Å²) in [6.07, 6.45) is 2.12. The number of aldehydes is 1. The molecule has 0 fully saturated rings. The summed E-state index contributed by atoms with van der Waals surface area (Å²) in [5.74, 6) is 1.49. The molecule has 1 aromatic heterocycles. The first kappa shape index (κ1) is 15.5. The molecule has 0 amide bonds. The van der Waals surface area contributed by atoms with Crippen LogP contribution in [0.4, 0.5) is 0 Å². The van der Waals surface area contributed by atoms with E-state index in [1.807, 2.05) is 37.4 Å². The topological polar surface area (TPSA) is 48.4 Å². The van der Waals surface area contributed by atoms with Gasteiger partial charge in [0.15, 0.2) is 11.5 Å². The first-order valence-electron chi connectivity index (χ1n) is 7.06. The molecule has 0 aliphatic heterocycles. The summed E-state index contributed by atoms with van der Waals surface area (Å²) in [7, 11) is 0. The molecule has 0 spiro atoms. The highest BCUT2D eigenvalue weighted by Gasteiger charge is 2.10. The lowest BCUT2D eigenvalue weighted by Gasteiger charge is -2.11. The molecule has 1 aromatic carbocycles. The molecule has 0 bridgehead atoms. The van der Waals surface area contributed by atoms with E-state index in [9.17, 15) is 4.79 Å². The van der Waals surface area contributed by atoms with Gasteiger partial charge in [0.05, 0.1) is 18.9 Å². The number of benzene rings is 1. The maximum atomic E-state index is 10.4. The van der Waals surface area contributed by atoms with Crippen molar-refractivity contribution in [1.82, 2.24) is 4.98 Å². The number of carbonyl (C=O) groups is 1. The van der Waals surface area contributed by atoms with Crippen LogP contribution in [0.2, 0.25) is 0 Å². The summed E-state index contributed by atoms with van der Waals surface area (Å²) < 4.78 is 11.2. The highest BCUT2D eigenvalue weighted by molar-refractivity contribution is 7.13. The van der Waals surface area contributed by atoms with Crippen molar-refractivity contribution in [1.29, 1.82) is 0 Å². The zero-order chi connectivity index (χ0) is 15.1. The van der Waals surface area contributed by atoms with Crippen molar-refractivity contribution in [3.63, 3.8) is 0 Å². The van der Waals surface area contributed by atoms with Gasteiger partial charge >= 0.3 is 0 Å². The summed E-state index contributed by atoms with van der Waals surface area (Å²) in [6, 6.07) is 5.85. The number of aromatic nitrogens is 1. The molecule has 2 aromatic rings. The molecule has 0 unspecified atom stereocenters. The number of carbonyl (C=O) groups excluding carboxylic acids is 1. The monoisotopic (exact) mass is 305 g/mol. The van der Waals surface area contributed by atoms with Crippen LogP contribution in [0.25, 0.3) is 10.6 Å². The minimum Gasteiger partial charge on any atom is -0.490 e. The van der Waals surface area contributed by atoms with Crippen LogP contribution in [0.1, 0.15) is 26.0 Å². The molecule has 0 radical (unpaired) electrons. The van der Waals surface area contributed by atoms with E-state index in [1.165, 1.54) is 0 Å². The largest absolute Gasteiger partial charge is 0.490 e. The lowest BCUT2D eigenvalue weighted by molar-refractivity contribution is -0.107. The minimum absolute atomic E-state index is 0.511. The van der Waals surface area contributed by atoms with Gasteiger partial charge in [0.1, 0.15) is 11.3 Å². The fourth-order valence-electron chi connectivity index (χ4n) is 1.95. The van der Waals surface area contributed by atoms with Crippen molar-refractivity contribution in [2.75, 3.05) is 13.2 Å². The van der Waals surface area contributed by atoms with E-state index in [0.717, 1.165) is 34.1 Å². The van der Waals surface area contributed by atoms with Gasteiger partial charge in [-0.15, -0.1) is 11.3 Å². The van der Waals surface area contributed by atoms with Gasteiger partial charge in [0.25, 0.3) is 0 Å². The lowest BCUT2D eigenvalue weighted by Crippen LogP contribution is -1.98. The van der Waals surface area contributed by atoms with Crippen molar-refractivity contribution in [3.05, 3.63) is 29.3 Å². The van der Waals surface area contributed by atoms with E-state index < -0.39 is 0 Å². The van der Waals surface area contributed by atoms with E-state index in [-0.39, 0.29) is 0 Å². The second-order valence-corrected chi connectivity index (χ2v) is 5.23. The van der Waals surface area contributed by atoms with E-state index in [2.05, 4.69) is 4.98 Å². The fourth-order valence-corrected chi connectivity index (χ4v) is 2.80. The van der Waals surface area contributed by atoms with E-state index in [1.54, 1.807) is 11.3 Å². The number of rotatable bonds is 8. The second-order valence-electron chi connectivity index (χ2n) is 4.38. The van der Waals surface area contributed by atoms with Crippen LogP contribution < -0.4 is 9.47 Å². The van der Waals surface area contributed by atoms with Crippen molar-refractivity contribution < 1.29 is 14.3 Å². The Labute approximate surface area is 128 Å². The van der Waals surface area contributed by atoms with Crippen LogP contribution in [0.3, 0.4) is 0 Å². The van der Waals surface area contributed by atoms with Crippen LogP contribution in [0.5, 0.6) is 11.5 Å². The zero-order valence-electron chi connectivity index (χ0n) is 12.3. The third kappa shape index (κ3) is 4.04. The Kier molecular flexibility index (Phi) is 5.75. The molecule has 4 nitrogen and oxygen atoms in total. The van der Waals surface area contributed by atoms with Gasteiger partial charge < -0.3 is 14.3 Å². The molecule has 21 heavy (non-hydrogen) atoms. The van der Waals surface area contributed by atoms with Crippen LogP contribution >= 0.6 is 11.3 Å². The first-order valence-corrected chi connectivity index (χ1v) is 7.94. The van der Waals surface area contributed by atoms with Crippen molar-refractivity contribution in [2.24, 2.45) is 0 Å². The Bertz CT molecular complexity index is 595. The van der Waals surface area contributed by atoms with E-state index in [4.69, 9.17) is 9.47 Å². The molecule has 1 heterocycles. The van der Waals surface area contributed by atoms with Gasteiger partial charge in [0.2, 0.25) is 0 Å². The molecular formula is C16H19NO3S. The minimum atomic E-state index is 0.511. The Morgan fingerprint density at radius 2 is 1.95 bits per heavy atom. The molecule has 0 saturated heterocycles. The van der Waals surface area contributed by atoms with E-state index in [0.29, 0.717) is 26.1 Å². The summed E-state index contributed by atoms with van der Waals surface area (Å²) in [6.45, 7) is 5.09. The Balaban J connectivity index is 2.24. The van der Waals surface area contributed by atoms with Gasteiger partial charge in [-0.3, -0.25) is 0 Å². The summed E-state index contributed by atoms with van der Waals surface area (Å²) in [5.41, 5.74) is 1.96. The normalized spacial score (nSPS) is 10.4. The number of ether oxygens (including phenoxy) is 2. The number of hydrogen-bond acceptors (Lipinski definition) is 5. The SMILES string of the molecule is CCOc1ccc(-c2nc(CCC=O)cs2)cc1OCC. The van der Waals surface area contributed by atoms with Crippen molar-refractivity contribution >= 4 is 17.6 Å². The highest BCUT2D eigenvalue weighted by atomic mass is 32.1. The predicted octanol–water partition coefficient (Wildman–Crippen LogP) is 3.74. The average molecular weight is 305 g/mol. The predicted molar refractivity (Wildman–Crippen MR) is 84.3 cm³/mol. The van der Waals surface area contributed by atoms with Crippen LogP contribution in [-0.2, 0) is 11.2 Å². The fraction of sp³-hybridized carbons (Fsp3) is 0.375. The third-order valence-corrected chi connectivity index (χ3v) is 3.80. The molecular weight excluding hydrogens is 286 g/mol. The molecule has 0 atom stereocenters. The van der Waals surface area contributed by atoms with Gasteiger partial charge in [-0.05, 0) is 38.5 Å². The van der Waals surface area contributed by atoms with Crippen molar-refractivity contribution in [3.8, 4) is 22.1 Å². The zero-order valence-corrected chi connectivity index (χ0v) is 13.1. The van der Waals surface area contributed by atoms with Gasteiger partial charge in [-0.2, -0.15) is 0 Å². The molecule has 0 aliphatic carbocycles. The molecule has 2 rings (SSSR count). The summed E-state index contributed by atoms with van der Waals surface area (Å²) >= 11 is 1.58. The van der Waals surface area contributed by atoms with Gasteiger partial charge in [-0.25, -0.2) is 4.98 Å². The Morgan fingerprint density at radius 3 is 2.67 bits per heavy atom. The van der Waals surface area contributed by atoms with E-state index >= 15 is 0 Å². The Hall–Kier alpha value is -1.88. The maximum absolute atomic E-state index is 10.4. The highest BCUT2D eigenvalue weighted by Crippen LogP contribution is 2.34. The maximum Gasteiger partial charge on any atom is 0.161 e. The van der Waals surface area contributed by atoms with Gasteiger partial charge in [-0.1, -0.05) is 0 Å². The average Bonchev–Trinajstić information content (AvgIpc) is 2.96. The lowest BCUT2D eigenvalue weighted by atomic mass is 10.2. The summed E-state index contributed by atoms with van der Waals surface area (Å²) in [5, 5.41) is 2.93. The third-order valence-electron chi connectivity index (χ3n) is 2.86. The van der Waals surface area contributed by atoms with Crippen molar-refractivity contribution in [2.45, 2.75) is 26.7 Å². The smallest absolute Gasteiger partial charge is 0.161 e. The second kappa shape index (κ2) is 7.78. The standard InChI is InChI=1S/C16H19NO3S/c1-3-19-14-8-7-12(10-15(14)20-4-2)16-17-13(11-21-16)6-5-9-18/h7-11H,3-6H2,1-2H3. The number of thiazole rings is 1. The van der Waals surface area contributed by atoms with Crippen LogP contribution in [0, 0.1) is 0 Å². The molecule has 112 valence electrons. The Morgan fingerprint density at radius 1 is 1.19 bits per heavy atom. The molecule has 5 heteroatoms. The van der Waals surface area contributed by atoms with Gasteiger partial charge in [0, 0.05) is 17.4 Å². The first-order chi connectivity index (χ1) is 10.3.